The standard InChI is InChI=1S/C13H26O/c1-6-14-13(9-7-11(2)3)10-8-12(4)5/h9,11-12H,6-8,10H2,1-5H3/b13-9-. The van der Waals surface area contributed by atoms with E-state index in [-0.39, 0.29) is 0 Å². The summed E-state index contributed by atoms with van der Waals surface area (Å²) in [6.07, 6.45) is 5.71. The van der Waals surface area contributed by atoms with Crippen molar-refractivity contribution in [1.29, 1.82) is 0 Å². The third kappa shape index (κ3) is 8.15. The van der Waals surface area contributed by atoms with Gasteiger partial charge in [0.2, 0.25) is 0 Å². The first kappa shape index (κ1) is 13.5. The first-order valence-electron chi connectivity index (χ1n) is 5.88. The van der Waals surface area contributed by atoms with Gasteiger partial charge in [-0.1, -0.05) is 27.7 Å². The highest BCUT2D eigenvalue weighted by Crippen LogP contribution is 2.14. The fourth-order valence-corrected chi connectivity index (χ4v) is 1.22. The summed E-state index contributed by atoms with van der Waals surface area (Å²) in [5.74, 6) is 2.68. The Morgan fingerprint density at radius 3 is 2.21 bits per heavy atom. The smallest absolute Gasteiger partial charge is 0.0920 e. The number of hydrogen-bond donors (Lipinski definition) is 0. The van der Waals surface area contributed by atoms with E-state index in [1.165, 1.54) is 12.2 Å². The normalized spacial score (nSPS) is 12.6. The molecule has 0 aromatic rings. The molecule has 0 aromatic heterocycles. The minimum Gasteiger partial charge on any atom is -0.499 e. The molecular weight excluding hydrogens is 172 g/mol. The number of hydrogen-bond acceptors (Lipinski definition) is 1. The van der Waals surface area contributed by atoms with E-state index in [1.807, 2.05) is 0 Å². The molecule has 0 rings (SSSR count). The van der Waals surface area contributed by atoms with Crippen molar-refractivity contribution in [3.63, 3.8) is 0 Å². The molecule has 0 amide bonds. The van der Waals surface area contributed by atoms with Crippen molar-refractivity contribution in [1.82, 2.24) is 0 Å². The van der Waals surface area contributed by atoms with Crippen LogP contribution in [0.4, 0.5) is 0 Å². The number of allylic oxidation sites excluding steroid dienone is 2. The summed E-state index contributed by atoms with van der Waals surface area (Å²) < 4.78 is 5.60. The fraction of sp³-hybridized carbons (Fsp3) is 0.846. The molecule has 1 nitrogen and oxygen atoms in total. The SMILES string of the molecule is CCO/C(=C\CC(C)C)CCC(C)C. The van der Waals surface area contributed by atoms with Crippen LogP contribution in [0, 0.1) is 11.8 Å². The van der Waals surface area contributed by atoms with Crippen molar-refractivity contribution in [2.24, 2.45) is 11.8 Å². The second-order valence-electron chi connectivity index (χ2n) is 4.67. The molecule has 0 unspecified atom stereocenters. The van der Waals surface area contributed by atoms with Crippen molar-refractivity contribution in [2.45, 2.75) is 53.9 Å². The van der Waals surface area contributed by atoms with Crippen molar-refractivity contribution in [3.05, 3.63) is 11.8 Å². The molecule has 0 N–H and O–H groups in total. The zero-order chi connectivity index (χ0) is 11.0. The molecule has 0 bridgehead atoms. The van der Waals surface area contributed by atoms with Crippen LogP contribution in [0.15, 0.2) is 11.8 Å². The summed E-state index contributed by atoms with van der Waals surface area (Å²) in [6.45, 7) is 11.8. The summed E-state index contributed by atoms with van der Waals surface area (Å²) in [5, 5.41) is 0. The topological polar surface area (TPSA) is 9.23 Å². The van der Waals surface area contributed by atoms with E-state index in [9.17, 15) is 0 Å². The quantitative estimate of drug-likeness (QED) is 0.551. The van der Waals surface area contributed by atoms with Crippen LogP contribution in [-0.4, -0.2) is 6.61 Å². The monoisotopic (exact) mass is 198 g/mol. The molecule has 0 saturated heterocycles. The lowest BCUT2D eigenvalue weighted by Crippen LogP contribution is -1.96. The van der Waals surface area contributed by atoms with Crippen LogP contribution >= 0.6 is 0 Å². The molecule has 0 aliphatic rings. The lowest BCUT2D eigenvalue weighted by molar-refractivity contribution is 0.212. The lowest BCUT2D eigenvalue weighted by atomic mass is 10.1. The average molecular weight is 198 g/mol. The van der Waals surface area contributed by atoms with E-state index in [2.05, 4.69) is 40.7 Å². The second-order valence-corrected chi connectivity index (χ2v) is 4.67. The third-order valence-corrected chi connectivity index (χ3v) is 2.11. The average Bonchev–Trinajstić information content (AvgIpc) is 2.09. The maximum atomic E-state index is 5.60. The predicted octanol–water partition coefficient (Wildman–Crippen LogP) is 4.39. The molecule has 0 aliphatic heterocycles. The fourth-order valence-electron chi connectivity index (χ4n) is 1.22. The van der Waals surface area contributed by atoms with E-state index in [0.29, 0.717) is 0 Å². The van der Waals surface area contributed by atoms with Crippen molar-refractivity contribution in [3.8, 4) is 0 Å². The minimum atomic E-state index is 0.726. The Balaban J connectivity index is 3.93. The van der Waals surface area contributed by atoms with Gasteiger partial charge in [0, 0.05) is 6.42 Å². The van der Waals surface area contributed by atoms with Crippen LogP contribution in [0.5, 0.6) is 0 Å². The molecule has 1 heteroatoms. The van der Waals surface area contributed by atoms with Crippen LogP contribution in [-0.2, 0) is 4.74 Å². The van der Waals surface area contributed by atoms with E-state index in [4.69, 9.17) is 4.74 Å². The van der Waals surface area contributed by atoms with E-state index < -0.39 is 0 Å². The highest BCUT2D eigenvalue weighted by atomic mass is 16.5. The van der Waals surface area contributed by atoms with Gasteiger partial charge < -0.3 is 4.74 Å². The second kappa shape index (κ2) is 7.90. The zero-order valence-corrected chi connectivity index (χ0v) is 10.5. The van der Waals surface area contributed by atoms with Crippen LogP contribution in [0.25, 0.3) is 0 Å². The Bertz CT molecular complexity index is 157. The Morgan fingerprint density at radius 2 is 1.79 bits per heavy atom. The summed E-state index contributed by atoms with van der Waals surface area (Å²) in [4.78, 5) is 0. The summed E-state index contributed by atoms with van der Waals surface area (Å²) >= 11 is 0. The van der Waals surface area contributed by atoms with Crippen LogP contribution in [0.1, 0.15) is 53.9 Å². The van der Waals surface area contributed by atoms with Gasteiger partial charge >= 0.3 is 0 Å². The molecule has 0 radical (unpaired) electrons. The largest absolute Gasteiger partial charge is 0.499 e. The maximum Gasteiger partial charge on any atom is 0.0920 e. The zero-order valence-electron chi connectivity index (χ0n) is 10.5. The Hall–Kier alpha value is -0.460. The predicted molar refractivity (Wildman–Crippen MR) is 63.2 cm³/mol. The van der Waals surface area contributed by atoms with Gasteiger partial charge in [-0.15, -0.1) is 0 Å². The van der Waals surface area contributed by atoms with Crippen molar-refractivity contribution in [2.75, 3.05) is 6.61 Å². The van der Waals surface area contributed by atoms with E-state index >= 15 is 0 Å². The van der Waals surface area contributed by atoms with Gasteiger partial charge in [0.1, 0.15) is 0 Å². The number of ether oxygens (including phenoxy) is 1. The molecule has 0 saturated carbocycles. The molecule has 0 atom stereocenters. The molecule has 0 heterocycles. The van der Waals surface area contributed by atoms with Gasteiger partial charge in [0.05, 0.1) is 12.4 Å². The molecule has 0 fully saturated rings. The first-order valence-corrected chi connectivity index (χ1v) is 5.88. The van der Waals surface area contributed by atoms with Gasteiger partial charge in [0.15, 0.2) is 0 Å². The molecule has 0 spiro atoms. The van der Waals surface area contributed by atoms with E-state index in [0.717, 1.165) is 31.3 Å². The maximum absolute atomic E-state index is 5.60. The van der Waals surface area contributed by atoms with Gasteiger partial charge in [-0.25, -0.2) is 0 Å². The molecule has 14 heavy (non-hydrogen) atoms. The van der Waals surface area contributed by atoms with Crippen molar-refractivity contribution < 1.29 is 4.74 Å². The molecular formula is C13H26O. The van der Waals surface area contributed by atoms with Crippen LogP contribution in [0.3, 0.4) is 0 Å². The molecule has 0 aromatic carbocycles. The van der Waals surface area contributed by atoms with Crippen LogP contribution in [0.2, 0.25) is 0 Å². The lowest BCUT2D eigenvalue weighted by Gasteiger charge is -2.11. The first-order chi connectivity index (χ1) is 6.56. The summed E-state index contributed by atoms with van der Waals surface area (Å²) in [5.41, 5.74) is 0. The molecule has 84 valence electrons. The third-order valence-electron chi connectivity index (χ3n) is 2.11. The van der Waals surface area contributed by atoms with Gasteiger partial charge in [0.25, 0.3) is 0 Å². The minimum absolute atomic E-state index is 0.726. The Kier molecular flexibility index (Phi) is 7.64. The van der Waals surface area contributed by atoms with Crippen molar-refractivity contribution >= 4 is 0 Å². The van der Waals surface area contributed by atoms with Gasteiger partial charge in [-0.2, -0.15) is 0 Å². The number of rotatable bonds is 7. The highest BCUT2D eigenvalue weighted by Gasteiger charge is 2.01. The summed E-state index contributed by atoms with van der Waals surface area (Å²) in [6, 6.07) is 0. The highest BCUT2D eigenvalue weighted by molar-refractivity contribution is 4.93. The summed E-state index contributed by atoms with van der Waals surface area (Å²) in [7, 11) is 0. The van der Waals surface area contributed by atoms with Crippen LogP contribution < -0.4 is 0 Å². The van der Waals surface area contributed by atoms with E-state index in [1.54, 1.807) is 0 Å². The van der Waals surface area contributed by atoms with Gasteiger partial charge in [-0.05, 0) is 37.7 Å². The van der Waals surface area contributed by atoms with Gasteiger partial charge in [-0.3, -0.25) is 0 Å². The molecule has 0 aliphatic carbocycles. The Labute approximate surface area is 89.5 Å². The Morgan fingerprint density at radius 1 is 1.14 bits per heavy atom.